The zero-order valence-corrected chi connectivity index (χ0v) is 23.4. The number of benzene rings is 4. The molecular formula is C32H23Cl2N3O4. The zero-order valence-electron chi connectivity index (χ0n) is 21.9. The van der Waals surface area contributed by atoms with E-state index in [1.807, 2.05) is 43.3 Å². The van der Waals surface area contributed by atoms with Crippen molar-refractivity contribution in [1.82, 2.24) is 9.66 Å². The predicted octanol–water partition coefficient (Wildman–Crippen LogP) is 7.98. The van der Waals surface area contributed by atoms with Gasteiger partial charge in [0.1, 0.15) is 12.2 Å². The summed E-state index contributed by atoms with van der Waals surface area (Å²) in [6.45, 7) is 2.63. The minimum atomic E-state index is -0.329. The second-order valence-electron chi connectivity index (χ2n) is 9.13. The minimum absolute atomic E-state index is 0.266. The summed E-state index contributed by atoms with van der Waals surface area (Å²) in [6, 6.07) is 27.2. The lowest BCUT2D eigenvalue weighted by Gasteiger charge is -2.13. The zero-order chi connectivity index (χ0) is 28.3. The number of fused-ring (bicyclic) bond motifs is 2. The number of nitrogens with zero attached hydrogens (tertiary/aromatic N) is 3. The maximum atomic E-state index is 13.6. The van der Waals surface area contributed by atoms with Crippen LogP contribution in [0.15, 0.2) is 105 Å². The average molecular weight is 584 g/mol. The van der Waals surface area contributed by atoms with Gasteiger partial charge in [-0.15, -0.1) is 0 Å². The van der Waals surface area contributed by atoms with Crippen LogP contribution in [-0.2, 0) is 6.61 Å². The van der Waals surface area contributed by atoms with Crippen molar-refractivity contribution in [3.05, 3.63) is 123 Å². The second kappa shape index (κ2) is 11.5. The van der Waals surface area contributed by atoms with E-state index in [1.54, 1.807) is 60.8 Å². The Bertz CT molecular complexity index is 1980. The van der Waals surface area contributed by atoms with Crippen LogP contribution in [0.5, 0.6) is 11.5 Å². The molecule has 0 saturated heterocycles. The van der Waals surface area contributed by atoms with Gasteiger partial charge in [0.05, 0.1) is 23.7 Å². The predicted molar refractivity (Wildman–Crippen MR) is 163 cm³/mol. The van der Waals surface area contributed by atoms with Gasteiger partial charge in [-0.3, -0.25) is 4.79 Å². The summed E-state index contributed by atoms with van der Waals surface area (Å²) < 4.78 is 19.1. The summed E-state index contributed by atoms with van der Waals surface area (Å²) >= 11 is 12.4. The minimum Gasteiger partial charge on any atom is -0.490 e. The van der Waals surface area contributed by atoms with Crippen molar-refractivity contribution in [3.63, 3.8) is 0 Å². The first kappa shape index (κ1) is 26.6. The summed E-state index contributed by atoms with van der Waals surface area (Å²) in [7, 11) is 0. The molecule has 4 aromatic carbocycles. The van der Waals surface area contributed by atoms with E-state index in [-0.39, 0.29) is 18.0 Å². The highest BCUT2D eigenvalue weighted by Crippen LogP contribution is 2.31. The van der Waals surface area contributed by atoms with Crippen LogP contribution in [0.1, 0.15) is 18.1 Å². The fourth-order valence-electron chi connectivity index (χ4n) is 4.40. The molecule has 0 unspecified atom stereocenters. The SMILES string of the molecule is CCOc1cc(C=Nn2c(-c3cc4cc(Cl)ccc4o3)nc3ccccc3c2=O)ccc1OCc1ccccc1Cl. The number of para-hydroxylation sites is 1. The molecule has 6 rings (SSSR count). The van der Waals surface area contributed by atoms with Crippen molar-refractivity contribution in [2.24, 2.45) is 5.10 Å². The monoisotopic (exact) mass is 583 g/mol. The summed E-state index contributed by atoms with van der Waals surface area (Å²) in [6.07, 6.45) is 1.57. The molecule has 2 heterocycles. The Morgan fingerprint density at radius 2 is 1.76 bits per heavy atom. The Morgan fingerprint density at radius 3 is 2.61 bits per heavy atom. The lowest BCUT2D eigenvalue weighted by molar-refractivity contribution is 0.269. The van der Waals surface area contributed by atoms with Gasteiger partial charge in [-0.05, 0) is 73.2 Å². The molecule has 0 fully saturated rings. The Kier molecular flexibility index (Phi) is 7.46. The van der Waals surface area contributed by atoms with Gasteiger partial charge in [-0.1, -0.05) is 53.5 Å². The summed E-state index contributed by atoms with van der Waals surface area (Å²) in [5, 5.41) is 6.98. The molecule has 0 spiro atoms. The smallest absolute Gasteiger partial charge is 0.282 e. The van der Waals surface area contributed by atoms with E-state index < -0.39 is 0 Å². The van der Waals surface area contributed by atoms with Crippen molar-refractivity contribution >= 4 is 51.3 Å². The molecule has 204 valence electrons. The van der Waals surface area contributed by atoms with Crippen LogP contribution >= 0.6 is 23.2 Å². The molecule has 0 aliphatic carbocycles. The fraction of sp³-hybridized carbons (Fsp3) is 0.0938. The fourth-order valence-corrected chi connectivity index (χ4v) is 4.77. The number of ether oxygens (including phenoxy) is 2. The number of halogens is 2. The normalized spacial score (nSPS) is 11.5. The van der Waals surface area contributed by atoms with Gasteiger partial charge in [-0.2, -0.15) is 9.78 Å². The van der Waals surface area contributed by atoms with E-state index >= 15 is 0 Å². The first-order chi connectivity index (χ1) is 20.0. The summed E-state index contributed by atoms with van der Waals surface area (Å²) in [4.78, 5) is 18.3. The summed E-state index contributed by atoms with van der Waals surface area (Å²) in [5.74, 6) is 1.76. The van der Waals surface area contributed by atoms with Crippen molar-refractivity contribution in [2.75, 3.05) is 6.61 Å². The lowest BCUT2D eigenvalue weighted by atomic mass is 10.2. The summed E-state index contributed by atoms with van der Waals surface area (Å²) in [5.41, 5.74) is 2.39. The van der Waals surface area contributed by atoms with Crippen LogP contribution in [0.3, 0.4) is 0 Å². The molecule has 0 amide bonds. The molecule has 0 bridgehead atoms. The molecule has 41 heavy (non-hydrogen) atoms. The van der Waals surface area contributed by atoms with E-state index in [2.05, 4.69) is 5.10 Å². The van der Waals surface area contributed by atoms with Crippen LogP contribution in [0.2, 0.25) is 10.0 Å². The molecular weight excluding hydrogens is 561 g/mol. The van der Waals surface area contributed by atoms with E-state index in [1.165, 1.54) is 4.68 Å². The Hall–Kier alpha value is -4.59. The first-order valence-corrected chi connectivity index (χ1v) is 13.6. The number of hydrogen-bond donors (Lipinski definition) is 0. The van der Waals surface area contributed by atoms with E-state index in [9.17, 15) is 4.79 Å². The third kappa shape index (κ3) is 5.55. The maximum absolute atomic E-state index is 13.6. The van der Waals surface area contributed by atoms with E-state index in [0.717, 1.165) is 10.9 Å². The highest BCUT2D eigenvalue weighted by atomic mass is 35.5. The number of hydrogen-bond acceptors (Lipinski definition) is 6. The number of rotatable bonds is 8. The molecule has 7 nitrogen and oxygen atoms in total. The van der Waals surface area contributed by atoms with Gasteiger partial charge in [0.15, 0.2) is 17.3 Å². The van der Waals surface area contributed by atoms with E-state index in [4.69, 9.17) is 42.1 Å². The van der Waals surface area contributed by atoms with Crippen molar-refractivity contribution in [1.29, 1.82) is 0 Å². The van der Waals surface area contributed by atoms with Gasteiger partial charge in [0.25, 0.3) is 5.56 Å². The van der Waals surface area contributed by atoms with Crippen molar-refractivity contribution in [3.8, 4) is 23.1 Å². The third-order valence-electron chi connectivity index (χ3n) is 6.38. The number of furan rings is 1. The van der Waals surface area contributed by atoms with Crippen molar-refractivity contribution < 1.29 is 13.9 Å². The van der Waals surface area contributed by atoms with Crippen LogP contribution in [-0.4, -0.2) is 22.5 Å². The molecule has 6 aromatic rings. The third-order valence-corrected chi connectivity index (χ3v) is 6.99. The molecule has 0 aliphatic heterocycles. The molecule has 0 radical (unpaired) electrons. The van der Waals surface area contributed by atoms with Crippen LogP contribution in [0.25, 0.3) is 33.5 Å². The largest absolute Gasteiger partial charge is 0.490 e. The Balaban J connectivity index is 1.38. The lowest BCUT2D eigenvalue weighted by Crippen LogP contribution is -2.20. The molecule has 0 aliphatic rings. The second-order valence-corrected chi connectivity index (χ2v) is 9.97. The first-order valence-electron chi connectivity index (χ1n) is 12.9. The van der Waals surface area contributed by atoms with Crippen LogP contribution in [0, 0.1) is 0 Å². The number of aromatic nitrogens is 2. The van der Waals surface area contributed by atoms with E-state index in [0.29, 0.717) is 56.0 Å². The van der Waals surface area contributed by atoms with Crippen molar-refractivity contribution in [2.45, 2.75) is 13.5 Å². The highest BCUT2D eigenvalue weighted by molar-refractivity contribution is 6.31. The average Bonchev–Trinajstić information content (AvgIpc) is 3.40. The topological polar surface area (TPSA) is 78.9 Å². The van der Waals surface area contributed by atoms with Gasteiger partial charge >= 0.3 is 0 Å². The van der Waals surface area contributed by atoms with Crippen LogP contribution < -0.4 is 15.0 Å². The molecule has 2 aromatic heterocycles. The highest BCUT2D eigenvalue weighted by Gasteiger charge is 2.17. The maximum Gasteiger partial charge on any atom is 0.282 e. The molecule has 0 atom stereocenters. The van der Waals surface area contributed by atoms with Gasteiger partial charge in [0, 0.05) is 21.0 Å². The molecule has 9 heteroatoms. The van der Waals surface area contributed by atoms with Gasteiger partial charge in [-0.25, -0.2) is 4.98 Å². The van der Waals surface area contributed by atoms with Gasteiger partial charge in [0.2, 0.25) is 5.82 Å². The Labute approximate surface area is 245 Å². The molecule has 0 N–H and O–H groups in total. The van der Waals surface area contributed by atoms with Gasteiger partial charge < -0.3 is 13.9 Å². The molecule has 0 saturated carbocycles. The Morgan fingerprint density at radius 1 is 0.927 bits per heavy atom. The van der Waals surface area contributed by atoms with Crippen LogP contribution in [0.4, 0.5) is 0 Å². The quantitative estimate of drug-likeness (QED) is 0.170. The standard InChI is InChI=1S/C32H23Cl2N3O4/c1-2-39-29-15-20(11-13-28(29)40-19-21-7-3-5-9-25(21)34)18-35-37-31(36-26-10-6-4-8-24(26)32(37)38)30-17-22-16-23(33)12-14-27(22)41-30/h3-18H,2,19H2,1H3.